The van der Waals surface area contributed by atoms with Gasteiger partial charge in [-0.25, -0.2) is 9.78 Å². The Bertz CT molecular complexity index is 1610. The first-order valence-corrected chi connectivity index (χ1v) is 13.5. The number of morpholine rings is 1. The number of imidazole rings is 1. The zero-order valence-corrected chi connectivity index (χ0v) is 23.0. The summed E-state index contributed by atoms with van der Waals surface area (Å²) in [5.41, 5.74) is 3.07. The number of aliphatic hydroxyl groups excluding tert-OH is 5. The van der Waals surface area contributed by atoms with E-state index in [0.29, 0.717) is 25.3 Å². The number of aryl methyl sites for hydroxylation is 1. The third-order valence-corrected chi connectivity index (χ3v) is 7.67. The number of aromatic amines is 2. The van der Waals surface area contributed by atoms with Gasteiger partial charge in [-0.2, -0.15) is 4.98 Å². The molecule has 3 saturated heterocycles. The second kappa shape index (κ2) is 12.2. The van der Waals surface area contributed by atoms with Gasteiger partial charge in [0, 0.05) is 31.3 Å². The summed E-state index contributed by atoms with van der Waals surface area (Å²) in [6.45, 7) is 2.30. The number of fused-ring (bicyclic) bond motifs is 1. The van der Waals surface area contributed by atoms with Crippen LogP contribution in [0, 0.1) is 6.92 Å². The van der Waals surface area contributed by atoms with Gasteiger partial charge in [0.25, 0.3) is 11.1 Å². The summed E-state index contributed by atoms with van der Waals surface area (Å²) in [6.07, 6.45) is -4.02. The highest BCUT2D eigenvalue weighted by molar-refractivity contribution is 5.70. The molecule has 3 aromatic rings. The van der Waals surface area contributed by atoms with Crippen LogP contribution in [0.1, 0.15) is 18.2 Å². The Morgan fingerprint density at radius 3 is 2.47 bits per heavy atom. The first kappa shape index (κ1) is 30.9. The van der Waals surface area contributed by atoms with Gasteiger partial charge in [0.15, 0.2) is 23.1 Å². The number of ether oxygens (including phenoxy) is 3. The van der Waals surface area contributed by atoms with Crippen molar-refractivity contribution in [1.82, 2.24) is 34.4 Å². The molecule has 19 nitrogen and oxygen atoms in total. The highest BCUT2D eigenvalue weighted by Gasteiger charge is 2.54. The average molecular weight is 611 g/mol. The zero-order valence-electron chi connectivity index (χ0n) is 23.0. The maximum absolute atomic E-state index is 12.3. The first-order chi connectivity index (χ1) is 20.5. The first-order valence-electron chi connectivity index (χ1n) is 13.5. The standard InChI is InChI=1S/C14H21N3O6.C10H13N5O5/c1-8-6-17(13(21)16-12(8)20)14(11-5-15-2-3-22-11)4-9(19)10(7-18)23-14;11-10-13-7-4(8(19)14-10)12-2-15(7)9-6(18)5(17)3(1-16)20-9/h6,9-11,15,18-19H,2-5,7H2,1H3,(H,16,20,21);2-3,5-6,9,16-18H,1H2,(H3,11,13,14,19)/t9-,10+,11?,14-;3-,5-,6-,9-/m01/s1. The Kier molecular flexibility index (Phi) is 8.79. The van der Waals surface area contributed by atoms with E-state index in [1.165, 1.54) is 21.7 Å². The summed E-state index contributed by atoms with van der Waals surface area (Å²) in [5, 5.41) is 51.5. The van der Waals surface area contributed by atoms with Crippen molar-refractivity contribution in [3.63, 3.8) is 0 Å². The second-order valence-corrected chi connectivity index (χ2v) is 10.5. The Morgan fingerprint density at radius 1 is 1.09 bits per heavy atom. The minimum Gasteiger partial charge on any atom is -0.394 e. The summed E-state index contributed by atoms with van der Waals surface area (Å²) in [7, 11) is 0. The van der Waals surface area contributed by atoms with Gasteiger partial charge in [-0.15, -0.1) is 0 Å². The molecule has 236 valence electrons. The maximum Gasteiger partial charge on any atom is 0.330 e. The highest BCUT2D eigenvalue weighted by Crippen LogP contribution is 2.39. The average Bonchev–Trinajstić information content (AvgIpc) is 3.65. The van der Waals surface area contributed by atoms with Gasteiger partial charge >= 0.3 is 5.69 Å². The molecule has 3 aromatic heterocycles. The van der Waals surface area contributed by atoms with E-state index in [2.05, 4.69) is 25.3 Å². The van der Waals surface area contributed by atoms with Gasteiger partial charge in [-0.1, -0.05) is 0 Å². The fraction of sp³-hybridized carbons (Fsp3) is 0.625. The summed E-state index contributed by atoms with van der Waals surface area (Å²) >= 11 is 0. The molecule has 6 rings (SSSR count). The third-order valence-electron chi connectivity index (χ3n) is 7.67. The molecule has 3 aliphatic rings. The van der Waals surface area contributed by atoms with Crippen LogP contribution in [0.25, 0.3) is 11.2 Å². The molecule has 6 heterocycles. The fourth-order valence-electron chi connectivity index (χ4n) is 5.44. The summed E-state index contributed by atoms with van der Waals surface area (Å²) in [6, 6.07) is 0. The monoisotopic (exact) mass is 610 g/mol. The lowest BCUT2D eigenvalue weighted by Crippen LogP contribution is -2.58. The number of aromatic nitrogens is 6. The Morgan fingerprint density at radius 2 is 1.84 bits per heavy atom. The summed E-state index contributed by atoms with van der Waals surface area (Å²) in [4.78, 5) is 48.0. The minimum absolute atomic E-state index is 0.0388. The normalized spacial score (nSPS) is 32.6. The zero-order chi connectivity index (χ0) is 31.1. The molecular formula is C24H34N8O11. The summed E-state index contributed by atoms with van der Waals surface area (Å²) in [5.74, 6) is -0.101. The van der Waals surface area contributed by atoms with Gasteiger partial charge in [0.05, 0.1) is 32.3 Å². The summed E-state index contributed by atoms with van der Waals surface area (Å²) < 4.78 is 19.5. The molecule has 0 amide bonds. The van der Waals surface area contributed by atoms with Crippen molar-refractivity contribution in [2.75, 3.05) is 38.6 Å². The molecule has 43 heavy (non-hydrogen) atoms. The predicted octanol–water partition coefficient (Wildman–Crippen LogP) is -5.06. The van der Waals surface area contributed by atoms with E-state index in [-0.39, 0.29) is 30.1 Å². The second-order valence-electron chi connectivity index (χ2n) is 10.5. The van der Waals surface area contributed by atoms with E-state index in [0.717, 1.165) is 0 Å². The minimum atomic E-state index is -1.29. The van der Waals surface area contributed by atoms with Gasteiger partial charge in [0.1, 0.15) is 30.5 Å². The van der Waals surface area contributed by atoms with Crippen LogP contribution in [0.3, 0.4) is 0 Å². The number of nitrogens with two attached hydrogens (primary N) is 1. The van der Waals surface area contributed by atoms with Crippen LogP contribution in [0.4, 0.5) is 5.95 Å². The van der Waals surface area contributed by atoms with Crippen molar-refractivity contribution in [2.45, 2.75) is 61.9 Å². The van der Waals surface area contributed by atoms with Gasteiger partial charge in [-0.3, -0.25) is 28.7 Å². The van der Waals surface area contributed by atoms with Crippen LogP contribution in [0.2, 0.25) is 0 Å². The molecular weight excluding hydrogens is 576 g/mol. The van der Waals surface area contributed by atoms with Crippen molar-refractivity contribution >= 4 is 17.1 Å². The van der Waals surface area contributed by atoms with Crippen molar-refractivity contribution in [3.8, 4) is 0 Å². The van der Waals surface area contributed by atoms with Crippen LogP contribution < -0.4 is 27.9 Å². The molecule has 0 aromatic carbocycles. The van der Waals surface area contributed by atoms with Crippen molar-refractivity contribution in [1.29, 1.82) is 0 Å². The van der Waals surface area contributed by atoms with Crippen molar-refractivity contribution in [2.24, 2.45) is 0 Å². The molecule has 0 radical (unpaired) electrons. The van der Waals surface area contributed by atoms with E-state index >= 15 is 0 Å². The van der Waals surface area contributed by atoms with E-state index in [4.69, 9.17) is 25.1 Å². The van der Waals surface area contributed by atoms with Gasteiger partial charge in [0.2, 0.25) is 5.95 Å². The number of rotatable bonds is 5. The molecule has 8 atom stereocenters. The topological polar surface area (TPSA) is 285 Å². The maximum atomic E-state index is 12.3. The number of nitrogen functional groups attached to an aromatic ring is 1. The van der Waals surface area contributed by atoms with E-state index < -0.39 is 72.0 Å². The largest absolute Gasteiger partial charge is 0.394 e. The molecule has 1 unspecified atom stereocenters. The lowest BCUT2D eigenvalue weighted by Gasteiger charge is -2.40. The molecule has 0 spiro atoms. The van der Waals surface area contributed by atoms with Crippen LogP contribution >= 0.6 is 0 Å². The SMILES string of the molecule is Cc1cn([C@@]2(C3CNCCO3)C[C@H](O)[C@@H](CO)O2)c(=O)[nH]c1=O.Nc1nc2c(ncn2[C@@H]2O[C@H](CO)[C@@H](O)[C@H]2O)c(=O)[nH]1. The van der Waals surface area contributed by atoms with E-state index in [1.807, 2.05) is 0 Å². The van der Waals surface area contributed by atoms with Gasteiger partial charge < -0.3 is 50.8 Å². The Balaban J connectivity index is 0.000000173. The lowest BCUT2D eigenvalue weighted by atomic mass is 9.99. The van der Waals surface area contributed by atoms with Crippen LogP contribution in [0.15, 0.2) is 26.9 Å². The van der Waals surface area contributed by atoms with Crippen molar-refractivity contribution < 1.29 is 39.7 Å². The van der Waals surface area contributed by atoms with Crippen LogP contribution in [0.5, 0.6) is 0 Å². The quantitative estimate of drug-likeness (QED) is 0.131. The number of H-pyrrole nitrogens is 2. The van der Waals surface area contributed by atoms with Gasteiger partial charge in [-0.05, 0) is 6.92 Å². The number of hydrogen-bond acceptors (Lipinski definition) is 15. The Labute approximate surface area is 241 Å². The molecule has 3 fully saturated rings. The molecule has 0 saturated carbocycles. The lowest BCUT2D eigenvalue weighted by molar-refractivity contribution is -0.200. The molecule has 3 aliphatic heterocycles. The third kappa shape index (κ3) is 5.61. The van der Waals surface area contributed by atoms with Crippen LogP contribution in [-0.4, -0.2) is 124 Å². The van der Waals surface area contributed by atoms with E-state index in [1.54, 1.807) is 6.92 Å². The molecule has 0 bridgehead atoms. The molecule has 0 aliphatic carbocycles. The predicted molar refractivity (Wildman–Crippen MR) is 145 cm³/mol. The fourth-order valence-corrected chi connectivity index (χ4v) is 5.44. The number of nitrogens with one attached hydrogen (secondary N) is 3. The number of anilines is 1. The molecule has 10 N–H and O–H groups in total. The number of nitrogens with zero attached hydrogens (tertiary/aromatic N) is 4. The van der Waals surface area contributed by atoms with Crippen LogP contribution in [-0.2, 0) is 19.9 Å². The molecule has 19 heteroatoms. The number of hydrogen-bond donors (Lipinski definition) is 9. The number of aliphatic hydroxyl groups is 5. The van der Waals surface area contributed by atoms with Crippen molar-refractivity contribution in [3.05, 3.63) is 49.3 Å². The smallest absolute Gasteiger partial charge is 0.330 e. The van der Waals surface area contributed by atoms with E-state index in [9.17, 15) is 34.8 Å². The highest BCUT2D eigenvalue weighted by atomic mass is 16.6. The Hall–Kier alpha value is -3.53.